The summed E-state index contributed by atoms with van der Waals surface area (Å²) in [5.74, 6) is 1.85. The van der Waals surface area contributed by atoms with Gasteiger partial charge in [0.25, 0.3) is 0 Å². The van der Waals surface area contributed by atoms with E-state index in [1.807, 2.05) is 0 Å². The number of rotatable bonds is 5. The van der Waals surface area contributed by atoms with Gasteiger partial charge in [-0.1, -0.05) is 13.8 Å². The van der Waals surface area contributed by atoms with E-state index < -0.39 is 0 Å². The molecule has 16 heavy (non-hydrogen) atoms. The van der Waals surface area contributed by atoms with Gasteiger partial charge in [-0.3, -0.25) is 0 Å². The Kier molecular flexibility index (Phi) is 4.62. The Hall–Kier alpha value is -0.120. The minimum atomic E-state index is 0.879. The topological polar surface area (TPSA) is 18.5 Å². The van der Waals surface area contributed by atoms with Crippen LogP contribution in [0.15, 0.2) is 0 Å². The summed E-state index contributed by atoms with van der Waals surface area (Å²) in [6.07, 6.45) is 1.35. The van der Waals surface area contributed by atoms with E-state index in [-0.39, 0.29) is 0 Å². The fraction of sp³-hybridized carbons (Fsp3) is 1.00. The number of nitrogens with zero attached hydrogens (tertiary/aromatic N) is 2. The minimum Gasteiger partial charge on any atom is -0.314 e. The Morgan fingerprint density at radius 1 is 1.06 bits per heavy atom. The molecule has 0 unspecified atom stereocenters. The van der Waals surface area contributed by atoms with Gasteiger partial charge in [0.15, 0.2) is 0 Å². The number of hydrogen-bond donors (Lipinski definition) is 1. The molecule has 0 aromatic carbocycles. The Morgan fingerprint density at radius 2 is 1.69 bits per heavy atom. The lowest BCUT2D eigenvalue weighted by molar-refractivity contribution is 0.0638. The van der Waals surface area contributed by atoms with E-state index in [1.165, 1.54) is 58.8 Å². The summed E-state index contributed by atoms with van der Waals surface area (Å²) < 4.78 is 0. The minimum absolute atomic E-state index is 0.879. The van der Waals surface area contributed by atoms with Gasteiger partial charge in [0.1, 0.15) is 0 Å². The van der Waals surface area contributed by atoms with Gasteiger partial charge in [-0.2, -0.15) is 0 Å². The van der Waals surface area contributed by atoms with E-state index in [2.05, 4.69) is 29.0 Å². The molecule has 3 nitrogen and oxygen atoms in total. The van der Waals surface area contributed by atoms with Crippen molar-refractivity contribution in [1.29, 1.82) is 0 Å². The monoisotopic (exact) mass is 225 g/mol. The maximum Gasteiger partial charge on any atom is 0.0107 e. The molecule has 0 bridgehead atoms. The van der Waals surface area contributed by atoms with E-state index in [0.717, 1.165) is 11.8 Å². The third kappa shape index (κ3) is 3.44. The second-order valence-electron chi connectivity index (χ2n) is 5.71. The Labute approximate surface area is 100 Å². The standard InChI is InChI=1S/C13H27N3/c1-12(2)13-10-16(11-13)7-3-6-15-8-4-14-5-9-15/h12-14H,3-11H2,1-2H3. The van der Waals surface area contributed by atoms with Crippen LogP contribution >= 0.6 is 0 Å². The normalized spacial score (nSPS) is 24.9. The van der Waals surface area contributed by atoms with E-state index >= 15 is 0 Å². The quantitative estimate of drug-likeness (QED) is 0.749. The molecule has 0 saturated carbocycles. The highest BCUT2D eigenvalue weighted by Gasteiger charge is 2.28. The third-order valence-electron chi connectivity index (χ3n) is 4.09. The van der Waals surface area contributed by atoms with Gasteiger partial charge in [0.05, 0.1) is 0 Å². The molecule has 0 atom stereocenters. The molecule has 2 rings (SSSR count). The van der Waals surface area contributed by atoms with Crippen molar-refractivity contribution in [2.24, 2.45) is 11.8 Å². The van der Waals surface area contributed by atoms with Crippen LogP contribution in [0.4, 0.5) is 0 Å². The fourth-order valence-electron chi connectivity index (χ4n) is 2.67. The number of piperazine rings is 1. The maximum absolute atomic E-state index is 3.40. The summed E-state index contributed by atoms with van der Waals surface area (Å²) in [5.41, 5.74) is 0. The zero-order chi connectivity index (χ0) is 11.4. The predicted molar refractivity (Wildman–Crippen MR) is 68.7 cm³/mol. The van der Waals surface area contributed by atoms with Crippen molar-refractivity contribution in [3.05, 3.63) is 0 Å². The molecule has 3 heteroatoms. The van der Waals surface area contributed by atoms with Crippen LogP contribution in [0.2, 0.25) is 0 Å². The average molecular weight is 225 g/mol. The van der Waals surface area contributed by atoms with Gasteiger partial charge in [-0.05, 0) is 31.3 Å². The van der Waals surface area contributed by atoms with Crippen molar-refractivity contribution in [2.75, 3.05) is 52.4 Å². The summed E-state index contributed by atoms with van der Waals surface area (Å²) in [6, 6.07) is 0. The molecule has 94 valence electrons. The van der Waals surface area contributed by atoms with E-state index in [1.54, 1.807) is 0 Å². The second kappa shape index (κ2) is 5.99. The highest BCUT2D eigenvalue weighted by Crippen LogP contribution is 2.23. The summed E-state index contributed by atoms with van der Waals surface area (Å²) in [5, 5.41) is 3.40. The lowest BCUT2D eigenvalue weighted by atomic mass is 9.88. The summed E-state index contributed by atoms with van der Waals surface area (Å²) in [7, 11) is 0. The maximum atomic E-state index is 3.40. The molecular formula is C13H27N3. The molecule has 2 aliphatic heterocycles. The molecule has 2 saturated heterocycles. The van der Waals surface area contributed by atoms with Crippen molar-refractivity contribution in [1.82, 2.24) is 15.1 Å². The largest absolute Gasteiger partial charge is 0.314 e. The molecule has 0 spiro atoms. The SMILES string of the molecule is CC(C)C1CN(CCCN2CCNCC2)C1. The van der Waals surface area contributed by atoms with Crippen LogP contribution in [0.3, 0.4) is 0 Å². The van der Waals surface area contributed by atoms with Gasteiger partial charge >= 0.3 is 0 Å². The molecule has 2 aliphatic rings. The van der Waals surface area contributed by atoms with Crippen molar-refractivity contribution in [3.8, 4) is 0 Å². The second-order valence-corrected chi connectivity index (χ2v) is 5.71. The van der Waals surface area contributed by atoms with Crippen LogP contribution < -0.4 is 5.32 Å². The first-order chi connectivity index (χ1) is 7.75. The highest BCUT2D eigenvalue weighted by atomic mass is 15.2. The zero-order valence-corrected chi connectivity index (χ0v) is 10.9. The first-order valence-electron chi connectivity index (χ1n) is 6.91. The third-order valence-corrected chi connectivity index (χ3v) is 4.09. The Morgan fingerprint density at radius 3 is 2.31 bits per heavy atom. The van der Waals surface area contributed by atoms with Crippen LogP contribution in [-0.4, -0.2) is 62.2 Å². The smallest absolute Gasteiger partial charge is 0.0107 e. The van der Waals surface area contributed by atoms with Gasteiger partial charge in [0, 0.05) is 39.3 Å². The number of likely N-dealkylation sites (tertiary alicyclic amines) is 1. The van der Waals surface area contributed by atoms with Crippen LogP contribution in [-0.2, 0) is 0 Å². The average Bonchev–Trinajstić information content (AvgIpc) is 2.22. The highest BCUT2D eigenvalue weighted by molar-refractivity contribution is 4.81. The molecular weight excluding hydrogens is 198 g/mol. The summed E-state index contributed by atoms with van der Waals surface area (Å²) in [4.78, 5) is 5.21. The van der Waals surface area contributed by atoms with Gasteiger partial charge in [-0.15, -0.1) is 0 Å². The van der Waals surface area contributed by atoms with Gasteiger partial charge in [-0.25, -0.2) is 0 Å². The molecule has 2 heterocycles. The van der Waals surface area contributed by atoms with Gasteiger partial charge in [0.2, 0.25) is 0 Å². The summed E-state index contributed by atoms with van der Waals surface area (Å²) in [6.45, 7) is 14.9. The van der Waals surface area contributed by atoms with Crippen LogP contribution in [0.25, 0.3) is 0 Å². The molecule has 1 N–H and O–H groups in total. The predicted octanol–water partition coefficient (Wildman–Crippen LogP) is 0.870. The zero-order valence-electron chi connectivity index (χ0n) is 10.9. The molecule has 2 fully saturated rings. The van der Waals surface area contributed by atoms with Crippen molar-refractivity contribution < 1.29 is 0 Å². The van der Waals surface area contributed by atoms with Crippen molar-refractivity contribution in [2.45, 2.75) is 20.3 Å². The van der Waals surface area contributed by atoms with E-state index in [0.29, 0.717) is 0 Å². The first kappa shape index (κ1) is 12.3. The summed E-state index contributed by atoms with van der Waals surface area (Å²) >= 11 is 0. The molecule has 0 aromatic heterocycles. The van der Waals surface area contributed by atoms with E-state index in [4.69, 9.17) is 0 Å². The number of hydrogen-bond acceptors (Lipinski definition) is 3. The number of nitrogens with one attached hydrogen (secondary N) is 1. The van der Waals surface area contributed by atoms with Crippen LogP contribution in [0.1, 0.15) is 20.3 Å². The lowest BCUT2D eigenvalue weighted by Crippen LogP contribution is -2.50. The Balaban J connectivity index is 1.49. The van der Waals surface area contributed by atoms with Crippen LogP contribution in [0.5, 0.6) is 0 Å². The molecule has 0 aliphatic carbocycles. The lowest BCUT2D eigenvalue weighted by Gasteiger charge is -2.42. The Bertz CT molecular complexity index is 193. The molecule has 0 radical (unpaired) electrons. The van der Waals surface area contributed by atoms with Crippen molar-refractivity contribution >= 4 is 0 Å². The fourth-order valence-corrected chi connectivity index (χ4v) is 2.67. The molecule has 0 aromatic rings. The van der Waals surface area contributed by atoms with Crippen LogP contribution in [0, 0.1) is 11.8 Å². The first-order valence-corrected chi connectivity index (χ1v) is 6.91. The molecule has 0 amide bonds. The van der Waals surface area contributed by atoms with Gasteiger partial charge < -0.3 is 15.1 Å². The van der Waals surface area contributed by atoms with Crippen molar-refractivity contribution in [3.63, 3.8) is 0 Å². The van der Waals surface area contributed by atoms with E-state index in [9.17, 15) is 0 Å².